The number of hydrogen-bond donors (Lipinski definition) is 2. The smallest absolute Gasteiger partial charge is 0.372 e. The summed E-state index contributed by atoms with van der Waals surface area (Å²) in [7, 11) is 1.35. The summed E-state index contributed by atoms with van der Waals surface area (Å²) < 4.78 is 4.91. The lowest BCUT2D eigenvalue weighted by atomic mass is 10.00. The van der Waals surface area contributed by atoms with E-state index in [1.54, 1.807) is 0 Å². The molecule has 0 amide bonds. The van der Waals surface area contributed by atoms with Crippen LogP contribution in [0.25, 0.3) is 0 Å². The molecule has 104 valence electrons. The van der Waals surface area contributed by atoms with Crippen LogP contribution in [0.3, 0.4) is 0 Å². The fraction of sp³-hybridized carbons (Fsp3) is 0.636. The van der Waals surface area contributed by atoms with Gasteiger partial charge in [-0.15, -0.1) is 0 Å². The zero-order valence-electron chi connectivity index (χ0n) is 10.9. The van der Waals surface area contributed by atoms with E-state index in [1.807, 2.05) is 6.92 Å². The van der Waals surface area contributed by atoms with Crippen LogP contribution in [0.2, 0.25) is 0 Å². The molecular weight excluding hydrogens is 250 g/mol. The molecular formula is C11H17N5O3. The van der Waals surface area contributed by atoms with E-state index in [4.69, 9.17) is 4.74 Å². The normalized spacial score (nSPS) is 22.8. The van der Waals surface area contributed by atoms with Crippen LogP contribution in [0.4, 0.5) is 11.5 Å². The van der Waals surface area contributed by atoms with E-state index in [-0.39, 0.29) is 29.5 Å². The molecule has 8 nitrogen and oxygen atoms in total. The Hall–Kier alpha value is -1.96. The largest absolute Gasteiger partial charge is 0.476 e. The maximum atomic E-state index is 11.1. The Labute approximate surface area is 110 Å². The third-order valence-electron chi connectivity index (χ3n) is 3.25. The van der Waals surface area contributed by atoms with Crippen LogP contribution in [0.1, 0.15) is 19.8 Å². The molecule has 1 saturated heterocycles. The second kappa shape index (κ2) is 5.79. The zero-order chi connectivity index (χ0) is 13.8. The SMILES string of the molecule is COc1ncnc(NC2CCCNC2C)c1[N+](=O)[O-]. The molecule has 1 aromatic rings. The van der Waals surface area contributed by atoms with Gasteiger partial charge in [0.25, 0.3) is 5.88 Å². The van der Waals surface area contributed by atoms with Crippen molar-refractivity contribution < 1.29 is 9.66 Å². The van der Waals surface area contributed by atoms with Gasteiger partial charge in [0.2, 0.25) is 5.82 Å². The topological polar surface area (TPSA) is 102 Å². The van der Waals surface area contributed by atoms with Crippen molar-refractivity contribution in [1.29, 1.82) is 0 Å². The van der Waals surface area contributed by atoms with Crippen molar-refractivity contribution in [1.82, 2.24) is 15.3 Å². The van der Waals surface area contributed by atoms with Crippen LogP contribution >= 0.6 is 0 Å². The first-order valence-electron chi connectivity index (χ1n) is 6.16. The highest BCUT2D eigenvalue weighted by atomic mass is 16.6. The predicted molar refractivity (Wildman–Crippen MR) is 69.3 cm³/mol. The number of piperidine rings is 1. The molecule has 0 spiro atoms. The van der Waals surface area contributed by atoms with Crippen LogP contribution in [-0.4, -0.2) is 40.6 Å². The molecule has 2 heterocycles. The molecule has 8 heteroatoms. The van der Waals surface area contributed by atoms with E-state index in [0.29, 0.717) is 0 Å². The molecule has 0 bridgehead atoms. The quantitative estimate of drug-likeness (QED) is 0.618. The van der Waals surface area contributed by atoms with Gasteiger partial charge in [0.15, 0.2) is 0 Å². The van der Waals surface area contributed by atoms with Crippen molar-refractivity contribution in [3.05, 3.63) is 16.4 Å². The summed E-state index contributed by atoms with van der Waals surface area (Å²) in [5.74, 6) is 0.177. The molecule has 0 saturated carbocycles. The Bertz CT molecular complexity index is 468. The van der Waals surface area contributed by atoms with E-state index in [9.17, 15) is 10.1 Å². The van der Waals surface area contributed by atoms with Gasteiger partial charge < -0.3 is 15.4 Å². The first-order valence-corrected chi connectivity index (χ1v) is 6.16. The van der Waals surface area contributed by atoms with Gasteiger partial charge in [0.1, 0.15) is 6.33 Å². The van der Waals surface area contributed by atoms with Gasteiger partial charge in [-0.1, -0.05) is 0 Å². The molecule has 2 unspecified atom stereocenters. The van der Waals surface area contributed by atoms with Gasteiger partial charge in [0, 0.05) is 12.1 Å². The van der Waals surface area contributed by atoms with Crippen molar-refractivity contribution in [3.8, 4) is 5.88 Å². The summed E-state index contributed by atoms with van der Waals surface area (Å²) in [4.78, 5) is 18.3. The number of aromatic nitrogens is 2. The molecule has 2 rings (SSSR count). The van der Waals surface area contributed by atoms with E-state index in [1.165, 1.54) is 13.4 Å². The Morgan fingerprint density at radius 1 is 1.58 bits per heavy atom. The third-order valence-corrected chi connectivity index (χ3v) is 3.25. The van der Waals surface area contributed by atoms with E-state index >= 15 is 0 Å². The maximum Gasteiger partial charge on any atom is 0.372 e. The number of nitrogens with zero attached hydrogens (tertiary/aromatic N) is 3. The average molecular weight is 267 g/mol. The maximum absolute atomic E-state index is 11.1. The van der Waals surface area contributed by atoms with Crippen LogP contribution in [0, 0.1) is 10.1 Å². The first-order chi connectivity index (χ1) is 9.13. The van der Waals surface area contributed by atoms with Crippen LogP contribution in [0.5, 0.6) is 5.88 Å². The van der Waals surface area contributed by atoms with Gasteiger partial charge in [0.05, 0.1) is 12.0 Å². The van der Waals surface area contributed by atoms with E-state index in [2.05, 4.69) is 20.6 Å². The molecule has 1 aliphatic heterocycles. The Morgan fingerprint density at radius 3 is 3.00 bits per heavy atom. The van der Waals surface area contributed by atoms with Crippen LogP contribution in [0.15, 0.2) is 6.33 Å². The van der Waals surface area contributed by atoms with Gasteiger partial charge in [-0.2, -0.15) is 4.98 Å². The first kappa shape index (κ1) is 13.5. The number of hydrogen-bond acceptors (Lipinski definition) is 7. The lowest BCUT2D eigenvalue weighted by Gasteiger charge is -2.30. The summed E-state index contributed by atoms with van der Waals surface area (Å²) in [6.07, 6.45) is 3.23. The summed E-state index contributed by atoms with van der Waals surface area (Å²) >= 11 is 0. The highest BCUT2D eigenvalue weighted by molar-refractivity contribution is 5.61. The number of anilines is 1. The third kappa shape index (κ3) is 2.90. The summed E-state index contributed by atoms with van der Waals surface area (Å²) in [5, 5.41) is 17.6. The van der Waals surface area contributed by atoms with Gasteiger partial charge in [-0.3, -0.25) is 10.1 Å². The Kier molecular flexibility index (Phi) is 4.10. The molecule has 1 fully saturated rings. The predicted octanol–water partition coefficient (Wildman–Crippen LogP) is 0.946. The monoisotopic (exact) mass is 267 g/mol. The fourth-order valence-electron chi connectivity index (χ4n) is 2.20. The minimum atomic E-state index is -0.526. The number of ether oxygens (including phenoxy) is 1. The van der Waals surface area contributed by atoms with Crippen molar-refractivity contribution in [3.63, 3.8) is 0 Å². The molecule has 2 atom stereocenters. The highest BCUT2D eigenvalue weighted by Gasteiger charge is 2.28. The number of methoxy groups -OCH3 is 1. The minimum Gasteiger partial charge on any atom is -0.476 e. The van der Waals surface area contributed by atoms with Crippen LogP contribution < -0.4 is 15.4 Å². The van der Waals surface area contributed by atoms with Crippen molar-refractivity contribution in [2.24, 2.45) is 0 Å². The zero-order valence-corrected chi connectivity index (χ0v) is 10.9. The molecule has 1 aliphatic rings. The Morgan fingerprint density at radius 2 is 2.37 bits per heavy atom. The molecule has 1 aromatic heterocycles. The Balaban J connectivity index is 2.26. The molecule has 0 aromatic carbocycles. The van der Waals surface area contributed by atoms with Gasteiger partial charge in [-0.25, -0.2) is 4.98 Å². The summed E-state index contributed by atoms with van der Waals surface area (Å²) in [6, 6.07) is 0.335. The summed E-state index contributed by atoms with van der Waals surface area (Å²) in [6.45, 7) is 3.01. The van der Waals surface area contributed by atoms with Crippen molar-refractivity contribution in [2.75, 3.05) is 19.0 Å². The highest BCUT2D eigenvalue weighted by Crippen LogP contribution is 2.31. The number of nitro groups is 1. The number of rotatable bonds is 4. The second-order valence-corrected chi connectivity index (χ2v) is 4.47. The van der Waals surface area contributed by atoms with Crippen molar-refractivity contribution in [2.45, 2.75) is 31.8 Å². The van der Waals surface area contributed by atoms with E-state index < -0.39 is 4.92 Å². The lowest BCUT2D eigenvalue weighted by molar-refractivity contribution is -0.385. The standard InChI is InChI=1S/C11H17N5O3/c1-7-8(4-3-5-12-7)15-10-9(16(17)18)11(19-2)14-6-13-10/h6-8,12H,3-5H2,1-2H3,(H,13,14,15). The van der Waals surface area contributed by atoms with Gasteiger partial charge in [-0.05, 0) is 26.3 Å². The minimum absolute atomic E-state index is 0.0288. The van der Waals surface area contributed by atoms with E-state index in [0.717, 1.165) is 19.4 Å². The average Bonchev–Trinajstić information content (AvgIpc) is 2.40. The molecule has 0 aliphatic carbocycles. The van der Waals surface area contributed by atoms with Crippen LogP contribution in [-0.2, 0) is 0 Å². The summed E-state index contributed by atoms with van der Waals surface area (Å²) in [5.41, 5.74) is -0.220. The van der Waals surface area contributed by atoms with Gasteiger partial charge >= 0.3 is 5.69 Å². The molecule has 2 N–H and O–H groups in total. The second-order valence-electron chi connectivity index (χ2n) is 4.47. The number of nitrogens with one attached hydrogen (secondary N) is 2. The van der Waals surface area contributed by atoms with Crippen molar-refractivity contribution >= 4 is 11.5 Å². The molecule has 19 heavy (non-hydrogen) atoms. The fourth-order valence-corrected chi connectivity index (χ4v) is 2.20. The molecule has 0 radical (unpaired) electrons. The lowest BCUT2D eigenvalue weighted by Crippen LogP contribution is -2.46.